The summed E-state index contributed by atoms with van der Waals surface area (Å²) in [6.07, 6.45) is 8.45. The molecule has 1 amide bonds. The number of thiophene rings is 1. The summed E-state index contributed by atoms with van der Waals surface area (Å²) in [5, 5.41) is 5.04. The number of hydrogen-bond donors (Lipinski definition) is 1. The van der Waals surface area contributed by atoms with E-state index in [1.54, 1.807) is 17.7 Å². The molecular formula is C25H26N4OS2. The van der Waals surface area contributed by atoms with Crippen molar-refractivity contribution in [3.05, 3.63) is 53.0 Å². The van der Waals surface area contributed by atoms with Crippen molar-refractivity contribution in [1.29, 1.82) is 0 Å². The number of unbranched alkanes of at least 4 members (excludes halogenated alkanes) is 1. The minimum atomic E-state index is -0.0346. The zero-order valence-corrected chi connectivity index (χ0v) is 20.0. The molecule has 0 saturated heterocycles. The van der Waals surface area contributed by atoms with E-state index in [0.717, 1.165) is 45.0 Å². The molecule has 1 aliphatic carbocycles. The molecule has 3 heterocycles. The fourth-order valence-electron chi connectivity index (χ4n) is 4.38. The fourth-order valence-corrected chi connectivity index (χ4v) is 6.43. The summed E-state index contributed by atoms with van der Waals surface area (Å²) in [5.74, 6) is 0.272. The van der Waals surface area contributed by atoms with Crippen LogP contribution in [-0.4, -0.2) is 26.6 Å². The Hall–Kier alpha value is -2.51. The van der Waals surface area contributed by atoms with Crippen LogP contribution in [0.4, 0.5) is 5.69 Å². The third-order valence-corrected chi connectivity index (χ3v) is 8.17. The number of amides is 1. The first kappa shape index (κ1) is 21.3. The predicted octanol–water partition coefficient (Wildman–Crippen LogP) is 6.11. The van der Waals surface area contributed by atoms with Crippen molar-refractivity contribution >= 4 is 55.1 Å². The Morgan fingerprint density at radius 3 is 2.78 bits per heavy atom. The minimum absolute atomic E-state index is 0.0346. The van der Waals surface area contributed by atoms with Gasteiger partial charge in [0.1, 0.15) is 16.2 Å². The van der Waals surface area contributed by atoms with Gasteiger partial charge in [-0.3, -0.25) is 4.79 Å². The molecule has 4 aromatic rings. The second-order valence-electron chi connectivity index (χ2n) is 8.31. The standard InChI is InChI=1S/C25H26N4OS2/c1-3-4-8-19-17-6-5-7-18(17)21-22-23(32-24(21)29-19)25(27-14-26-22)31-13-20(30)28-16-11-9-15(2)10-12-16/h9-12,14H,3-8,13H2,1-2H3,(H,28,30). The average Bonchev–Trinajstić information content (AvgIpc) is 3.42. The van der Waals surface area contributed by atoms with Crippen LogP contribution >= 0.6 is 23.1 Å². The second kappa shape index (κ2) is 9.16. The average molecular weight is 463 g/mol. The molecule has 0 unspecified atom stereocenters. The third-order valence-electron chi connectivity index (χ3n) is 5.97. The normalized spacial score (nSPS) is 13.1. The van der Waals surface area contributed by atoms with Gasteiger partial charge in [-0.15, -0.1) is 11.3 Å². The number of pyridine rings is 1. The number of benzene rings is 1. The lowest BCUT2D eigenvalue weighted by molar-refractivity contribution is -0.113. The van der Waals surface area contributed by atoms with E-state index < -0.39 is 0 Å². The molecule has 5 nitrogen and oxygen atoms in total. The van der Waals surface area contributed by atoms with Gasteiger partial charge < -0.3 is 5.32 Å². The molecule has 0 aliphatic heterocycles. The molecular weight excluding hydrogens is 436 g/mol. The van der Waals surface area contributed by atoms with Crippen LogP contribution in [0.1, 0.15) is 48.6 Å². The Bertz CT molecular complexity index is 1300. The maximum Gasteiger partial charge on any atom is 0.234 e. The zero-order valence-electron chi connectivity index (χ0n) is 18.4. The lowest BCUT2D eigenvalue weighted by Gasteiger charge is -2.08. The van der Waals surface area contributed by atoms with E-state index in [1.165, 1.54) is 58.8 Å². The lowest BCUT2D eigenvalue weighted by atomic mass is 10.0. The topological polar surface area (TPSA) is 67.8 Å². The van der Waals surface area contributed by atoms with Gasteiger partial charge in [-0.25, -0.2) is 15.0 Å². The van der Waals surface area contributed by atoms with Crippen molar-refractivity contribution in [1.82, 2.24) is 15.0 Å². The molecule has 1 N–H and O–H groups in total. The fraction of sp³-hybridized carbons (Fsp3) is 0.360. The van der Waals surface area contributed by atoms with E-state index in [9.17, 15) is 4.79 Å². The van der Waals surface area contributed by atoms with Crippen LogP contribution in [0.25, 0.3) is 20.4 Å². The van der Waals surface area contributed by atoms with Gasteiger partial charge in [0.15, 0.2) is 0 Å². The number of aromatic nitrogens is 3. The molecule has 3 aromatic heterocycles. The molecule has 1 aliphatic rings. The molecule has 0 fully saturated rings. The van der Waals surface area contributed by atoms with Crippen LogP contribution in [0, 0.1) is 6.92 Å². The van der Waals surface area contributed by atoms with Gasteiger partial charge in [-0.05, 0) is 62.3 Å². The van der Waals surface area contributed by atoms with Gasteiger partial charge in [0.05, 0.1) is 16.0 Å². The molecule has 0 bridgehead atoms. The first-order valence-electron chi connectivity index (χ1n) is 11.2. The highest BCUT2D eigenvalue weighted by molar-refractivity contribution is 8.00. The van der Waals surface area contributed by atoms with Gasteiger partial charge in [0, 0.05) is 16.8 Å². The third kappa shape index (κ3) is 4.11. The Balaban J connectivity index is 1.43. The maximum atomic E-state index is 12.5. The first-order valence-corrected chi connectivity index (χ1v) is 13.0. The summed E-state index contributed by atoms with van der Waals surface area (Å²) in [5.41, 5.74) is 7.15. The number of carbonyl (C=O) groups excluding carboxylic acids is 1. The van der Waals surface area contributed by atoms with Crippen LogP contribution in [0.2, 0.25) is 0 Å². The number of anilines is 1. The summed E-state index contributed by atoms with van der Waals surface area (Å²) in [6, 6.07) is 7.84. The SMILES string of the molecule is CCCCc1nc2sc3c(SCC(=O)Nc4ccc(C)cc4)ncnc3c2c2c1CCC2. The van der Waals surface area contributed by atoms with Crippen molar-refractivity contribution < 1.29 is 4.79 Å². The number of thioether (sulfide) groups is 1. The molecule has 7 heteroatoms. The van der Waals surface area contributed by atoms with Crippen LogP contribution in [0.5, 0.6) is 0 Å². The largest absolute Gasteiger partial charge is 0.325 e. The van der Waals surface area contributed by atoms with E-state index in [0.29, 0.717) is 5.75 Å². The van der Waals surface area contributed by atoms with Crippen molar-refractivity contribution in [2.75, 3.05) is 11.1 Å². The van der Waals surface area contributed by atoms with Crippen molar-refractivity contribution in [2.45, 2.75) is 57.4 Å². The molecule has 0 radical (unpaired) electrons. The van der Waals surface area contributed by atoms with Gasteiger partial charge >= 0.3 is 0 Å². The zero-order chi connectivity index (χ0) is 22.1. The summed E-state index contributed by atoms with van der Waals surface area (Å²) >= 11 is 3.14. The van der Waals surface area contributed by atoms with E-state index in [4.69, 9.17) is 4.98 Å². The molecule has 0 atom stereocenters. The smallest absolute Gasteiger partial charge is 0.234 e. The summed E-state index contributed by atoms with van der Waals surface area (Å²) < 4.78 is 1.05. The summed E-state index contributed by atoms with van der Waals surface area (Å²) in [6.45, 7) is 4.26. The molecule has 32 heavy (non-hydrogen) atoms. The van der Waals surface area contributed by atoms with Gasteiger partial charge in [-0.1, -0.05) is 42.8 Å². The highest BCUT2D eigenvalue weighted by Gasteiger charge is 2.24. The van der Waals surface area contributed by atoms with E-state index in [1.807, 2.05) is 31.2 Å². The van der Waals surface area contributed by atoms with Crippen LogP contribution in [-0.2, 0) is 24.1 Å². The molecule has 0 saturated carbocycles. The van der Waals surface area contributed by atoms with Crippen molar-refractivity contribution in [3.63, 3.8) is 0 Å². The van der Waals surface area contributed by atoms with Gasteiger partial charge in [0.25, 0.3) is 0 Å². The Morgan fingerprint density at radius 1 is 1.16 bits per heavy atom. The van der Waals surface area contributed by atoms with E-state index in [2.05, 4.69) is 22.2 Å². The quantitative estimate of drug-likeness (QED) is 0.265. The van der Waals surface area contributed by atoms with Gasteiger partial charge in [-0.2, -0.15) is 0 Å². The number of fused-ring (bicyclic) bond motifs is 5. The van der Waals surface area contributed by atoms with Crippen LogP contribution < -0.4 is 5.32 Å². The second-order valence-corrected chi connectivity index (χ2v) is 10.3. The van der Waals surface area contributed by atoms with Crippen LogP contribution in [0.3, 0.4) is 0 Å². The summed E-state index contributed by atoms with van der Waals surface area (Å²) in [7, 11) is 0. The Morgan fingerprint density at radius 2 is 1.97 bits per heavy atom. The number of hydrogen-bond acceptors (Lipinski definition) is 6. The molecule has 164 valence electrons. The Kier molecular flexibility index (Phi) is 6.11. The number of carbonyl (C=O) groups is 1. The van der Waals surface area contributed by atoms with Crippen molar-refractivity contribution in [3.8, 4) is 0 Å². The highest BCUT2D eigenvalue weighted by atomic mass is 32.2. The van der Waals surface area contributed by atoms with Gasteiger partial charge in [0.2, 0.25) is 5.91 Å². The molecule has 1 aromatic carbocycles. The van der Waals surface area contributed by atoms with E-state index in [-0.39, 0.29) is 5.91 Å². The predicted molar refractivity (Wildman–Crippen MR) is 134 cm³/mol. The highest BCUT2D eigenvalue weighted by Crippen LogP contribution is 2.42. The lowest BCUT2D eigenvalue weighted by Crippen LogP contribution is -2.14. The maximum absolute atomic E-state index is 12.5. The number of nitrogens with zero attached hydrogens (tertiary/aromatic N) is 3. The summed E-state index contributed by atoms with van der Waals surface area (Å²) in [4.78, 5) is 27.8. The van der Waals surface area contributed by atoms with Crippen LogP contribution in [0.15, 0.2) is 35.6 Å². The first-order chi connectivity index (χ1) is 15.6. The number of aryl methyl sites for hydroxylation is 3. The van der Waals surface area contributed by atoms with E-state index >= 15 is 0 Å². The Labute approximate surface area is 196 Å². The molecule has 5 rings (SSSR count). The monoisotopic (exact) mass is 462 g/mol. The minimum Gasteiger partial charge on any atom is -0.325 e. The van der Waals surface area contributed by atoms with Crippen molar-refractivity contribution in [2.24, 2.45) is 0 Å². The number of nitrogens with one attached hydrogen (secondary N) is 1. The molecule has 0 spiro atoms. The number of rotatable bonds is 7.